The van der Waals surface area contributed by atoms with Crippen molar-refractivity contribution in [2.24, 2.45) is 0 Å². The Kier molecular flexibility index (Phi) is 4.22. The van der Waals surface area contributed by atoms with E-state index in [0.717, 1.165) is 12.5 Å². The molecule has 104 valence electrons. The molecule has 0 radical (unpaired) electrons. The first kappa shape index (κ1) is 12.9. The highest BCUT2D eigenvalue weighted by atomic mass is 16.3. The quantitative estimate of drug-likeness (QED) is 0.812. The van der Waals surface area contributed by atoms with Crippen LogP contribution in [0.4, 0.5) is 0 Å². The normalized spacial score (nSPS) is 37.2. The summed E-state index contributed by atoms with van der Waals surface area (Å²) in [5, 5.41) is 10.1. The van der Waals surface area contributed by atoms with Crippen molar-refractivity contribution in [2.75, 3.05) is 26.2 Å². The average molecular weight is 252 g/mol. The molecule has 0 aromatic carbocycles. The third kappa shape index (κ3) is 2.73. The van der Waals surface area contributed by atoms with Crippen LogP contribution in [-0.4, -0.2) is 59.3 Å². The zero-order chi connectivity index (χ0) is 12.4. The molecule has 0 spiro atoms. The molecule has 2 saturated carbocycles. The molecule has 1 aliphatic heterocycles. The van der Waals surface area contributed by atoms with Crippen LogP contribution in [0.15, 0.2) is 0 Å². The smallest absolute Gasteiger partial charge is 0.0695 e. The summed E-state index contributed by atoms with van der Waals surface area (Å²) in [6.07, 6.45) is 10.4. The second kappa shape index (κ2) is 5.89. The molecule has 3 aliphatic rings. The number of hydrogen-bond acceptors (Lipinski definition) is 3. The molecule has 0 aromatic heterocycles. The molecule has 3 heteroatoms. The molecule has 0 unspecified atom stereocenters. The van der Waals surface area contributed by atoms with E-state index in [1.165, 1.54) is 71.1 Å². The van der Waals surface area contributed by atoms with Crippen LogP contribution >= 0.6 is 0 Å². The van der Waals surface area contributed by atoms with Crippen molar-refractivity contribution in [2.45, 2.75) is 69.6 Å². The molecule has 2 atom stereocenters. The van der Waals surface area contributed by atoms with Gasteiger partial charge in [0.25, 0.3) is 0 Å². The summed E-state index contributed by atoms with van der Waals surface area (Å²) in [6, 6.07) is 1.34. The van der Waals surface area contributed by atoms with Crippen LogP contribution in [0.3, 0.4) is 0 Å². The Bertz CT molecular complexity index is 257. The van der Waals surface area contributed by atoms with Crippen LogP contribution < -0.4 is 0 Å². The second-order valence-corrected chi connectivity index (χ2v) is 6.43. The second-order valence-electron chi connectivity index (χ2n) is 6.43. The molecule has 1 N–H and O–H groups in total. The molecule has 3 rings (SSSR count). The SMILES string of the molecule is O[C@H]1CCCC[C@@H]1N1CCN(C2CCCC2)CC1. The standard InChI is InChI=1S/C15H28N2O/c18-15-8-4-3-7-14(15)17-11-9-16(10-12-17)13-5-1-2-6-13/h13-15,18H,1-12H2/t14-,15-/m0/s1. The molecule has 0 amide bonds. The van der Waals surface area contributed by atoms with Gasteiger partial charge in [0.2, 0.25) is 0 Å². The summed E-state index contributed by atoms with van der Waals surface area (Å²) in [4.78, 5) is 5.27. The lowest BCUT2D eigenvalue weighted by Gasteiger charge is -2.44. The minimum Gasteiger partial charge on any atom is -0.391 e. The van der Waals surface area contributed by atoms with Crippen LogP contribution in [0.5, 0.6) is 0 Å². The van der Waals surface area contributed by atoms with Crippen molar-refractivity contribution in [3.8, 4) is 0 Å². The molecule has 2 aliphatic carbocycles. The lowest BCUT2D eigenvalue weighted by atomic mass is 9.91. The van der Waals surface area contributed by atoms with Crippen LogP contribution in [0, 0.1) is 0 Å². The zero-order valence-electron chi connectivity index (χ0n) is 11.6. The average Bonchev–Trinajstić information content (AvgIpc) is 2.94. The molecular formula is C15H28N2O. The largest absolute Gasteiger partial charge is 0.391 e. The Labute approximate surface area is 111 Å². The predicted octanol–water partition coefficient (Wildman–Crippen LogP) is 1.85. The molecule has 0 bridgehead atoms. The van der Waals surface area contributed by atoms with Crippen LogP contribution in [-0.2, 0) is 0 Å². The summed E-state index contributed by atoms with van der Waals surface area (Å²) in [5.41, 5.74) is 0. The van der Waals surface area contributed by atoms with Gasteiger partial charge < -0.3 is 5.11 Å². The molecule has 3 nitrogen and oxygen atoms in total. The van der Waals surface area contributed by atoms with E-state index in [1.54, 1.807) is 0 Å². The van der Waals surface area contributed by atoms with Gasteiger partial charge in [0.15, 0.2) is 0 Å². The van der Waals surface area contributed by atoms with E-state index in [4.69, 9.17) is 0 Å². The maximum absolute atomic E-state index is 10.1. The van der Waals surface area contributed by atoms with Gasteiger partial charge in [0, 0.05) is 38.3 Å². The minimum atomic E-state index is -0.0585. The van der Waals surface area contributed by atoms with Gasteiger partial charge in [-0.15, -0.1) is 0 Å². The first-order chi connectivity index (χ1) is 8.84. The van der Waals surface area contributed by atoms with Crippen molar-refractivity contribution in [1.82, 2.24) is 9.80 Å². The van der Waals surface area contributed by atoms with E-state index in [-0.39, 0.29) is 6.10 Å². The molecule has 1 saturated heterocycles. The Morgan fingerprint density at radius 1 is 0.667 bits per heavy atom. The summed E-state index contributed by atoms with van der Waals surface area (Å²) in [5.74, 6) is 0. The van der Waals surface area contributed by atoms with Gasteiger partial charge in [-0.3, -0.25) is 9.80 Å². The summed E-state index contributed by atoms with van der Waals surface area (Å²) in [7, 11) is 0. The maximum atomic E-state index is 10.1. The minimum absolute atomic E-state index is 0.0585. The van der Waals surface area contributed by atoms with E-state index < -0.39 is 0 Å². The zero-order valence-corrected chi connectivity index (χ0v) is 11.6. The summed E-state index contributed by atoms with van der Waals surface area (Å²) < 4.78 is 0. The van der Waals surface area contributed by atoms with Gasteiger partial charge in [0.05, 0.1) is 6.10 Å². The van der Waals surface area contributed by atoms with Gasteiger partial charge >= 0.3 is 0 Å². The number of piperazine rings is 1. The van der Waals surface area contributed by atoms with Gasteiger partial charge in [0.1, 0.15) is 0 Å². The third-order valence-corrected chi connectivity index (χ3v) is 5.35. The highest BCUT2D eigenvalue weighted by Crippen LogP contribution is 2.27. The Hall–Kier alpha value is -0.120. The first-order valence-corrected chi connectivity index (χ1v) is 8.01. The lowest BCUT2D eigenvalue weighted by Crippen LogP contribution is -2.56. The van der Waals surface area contributed by atoms with Gasteiger partial charge in [-0.25, -0.2) is 0 Å². The van der Waals surface area contributed by atoms with E-state index >= 15 is 0 Å². The van der Waals surface area contributed by atoms with E-state index in [2.05, 4.69) is 9.80 Å². The number of hydrogen-bond donors (Lipinski definition) is 1. The molecule has 18 heavy (non-hydrogen) atoms. The highest BCUT2D eigenvalue weighted by Gasteiger charge is 2.32. The topological polar surface area (TPSA) is 26.7 Å². The van der Waals surface area contributed by atoms with Crippen LogP contribution in [0.2, 0.25) is 0 Å². The van der Waals surface area contributed by atoms with E-state index in [0.29, 0.717) is 6.04 Å². The number of nitrogens with zero attached hydrogens (tertiary/aromatic N) is 2. The Balaban J connectivity index is 1.49. The van der Waals surface area contributed by atoms with Gasteiger partial charge in [-0.05, 0) is 25.7 Å². The fraction of sp³-hybridized carbons (Fsp3) is 1.00. The molecule has 3 fully saturated rings. The number of aliphatic hydroxyl groups is 1. The maximum Gasteiger partial charge on any atom is 0.0695 e. The van der Waals surface area contributed by atoms with E-state index in [9.17, 15) is 5.11 Å². The van der Waals surface area contributed by atoms with Crippen LogP contribution in [0.1, 0.15) is 51.4 Å². The first-order valence-electron chi connectivity index (χ1n) is 8.01. The Morgan fingerprint density at radius 3 is 1.89 bits per heavy atom. The summed E-state index contributed by atoms with van der Waals surface area (Å²) in [6.45, 7) is 4.82. The van der Waals surface area contributed by atoms with Crippen molar-refractivity contribution >= 4 is 0 Å². The lowest BCUT2D eigenvalue weighted by molar-refractivity contribution is -0.0101. The van der Waals surface area contributed by atoms with Gasteiger partial charge in [-0.1, -0.05) is 25.7 Å². The monoisotopic (exact) mass is 252 g/mol. The fourth-order valence-electron chi connectivity index (χ4n) is 4.22. The summed E-state index contributed by atoms with van der Waals surface area (Å²) >= 11 is 0. The predicted molar refractivity (Wildman–Crippen MR) is 73.7 cm³/mol. The number of aliphatic hydroxyl groups excluding tert-OH is 1. The molecule has 1 heterocycles. The van der Waals surface area contributed by atoms with Crippen molar-refractivity contribution < 1.29 is 5.11 Å². The Morgan fingerprint density at radius 2 is 1.22 bits per heavy atom. The van der Waals surface area contributed by atoms with Crippen molar-refractivity contribution in [3.05, 3.63) is 0 Å². The third-order valence-electron chi connectivity index (χ3n) is 5.35. The van der Waals surface area contributed by atoms with Crippen molar-refractivity contribution in [1.29, 1.82) is 0 Å². The highest BCUT2D eigenvalue weighted by molar-refractivity contribution is 4.88. The van der Waals surface area contributed by atoms with Crippen LogP contribution in [0.25, 0.3) is 0 Å². The molecule has 0 aromatic rings. The van der Waals surface area contributed by atoms with Gasteiger partial charge in [-0.2, -0.15) is 0 Å². The number of rotatable bonds is 2. The van der Waals surface area contributed by atoms with Crippen molar-refractivity contribution in [3.63, 3.8) is 0 Å². The molecular weight excluding hydrogens is 224 g/mol. The van der Waals surface area contributed by atoms with E-state index in [1.807, 2.05) is 0 Å². The fourth-order valence-corrected chi connectivity index (χ4v) is 4.22.